The third-order valence-electron chi connectivity index (χ3n) is 4.44. The lowest BCUT2D eigenvalue weighted by Crippen LogP contribution is -2.27. The fourth-order valence-electron chi connectivity index (χ4n) is 3.42. The topological polar surface area (TPSA) is 26.3 Å². The lowest BCUT2D eigenvalue weighted by atomic mass is 9.72. The van der Waals surface area contributed by atoms with Gasteiger partial charge in [0.2, 0.25) is 0 Å². The Balaban J connectivity index is 1.83. The first-order valence-electron chi connectivity index (χ1n) is 6.92. The summed E-state index contributed by atoms with van der Waals surface area (Å²) in [5.74, 6) is 1.62. The maximum atomic E-state index is 11.7. The predicted octanol–water partition coefficient (Wildman–Crippen LogP) is 3.54. The first-order chi connectivity index (χ1) is 7.72. The molecule has 4 atom stereocenters. The number of carbonyl (C=O) groups excluding carboxylic acids is 1. The van der Waals surface area contributed by atoms with Crippen molar-refractivity contribution in [2.75, 3.05) is 0 Å². The van der Waals surface area contributed by atoms with Crippen molar-refractivity contribution in [1.82, 2.24) is 0 Å². The lowest BCUT2D eigenvalue weighted by molar-refractivity contribution is -0.144. The molecule has 1 aliphatic heterocycles. The highest BCUT2D eigenvalue weighted by atomic mass is 16.6. The second-order valence-electron chi connectivity index (χ2n) is 5.59. The van der Waals surface area contributed by atoms with Gasteiger partial charge in [-0.1, -0.05) is 32.6 Å². The number of cyclic esters (lactones) is 1. The van der Waals surface area contributed by atoms with E-state index in [0.717, 1.165) is 12.3 Å². The molecule has 2 aliphatic rings. The molecule has 0 amide bonds. The molecule has 2 fully saturated rings. The molecule has 0 radical (unpaired) electrons. The minimum atomic E-state index is 0.0812. The number of carbonyl (C=O) groups is 1. The standard InChI is InChI=1S/C14H24O2/c1-3-4-5-6-11-7-8-12-10(2)16-14(15)13(12)9-11/h10-13H,3-9H2,1-2H3/t10-,11-,12-,13-/m1/s1. The number of rotatable bonds is 4. The third kappa shape index (κ3) is 2.41. The SMILES string of the molecule is CCCCC[C@@H]1CC[C@@H]2[C@@H](C)OC(=O)[C@@H]2C1. The van der Waals surface area contributed by atoms with E-state index < -0.39 is 0 Å². The molecule has 1 heterocycles. The first-order valence-corrected chi connectivity index (χ1v) is 6.92. The van der Waals surface area contributed by atoms with Crippen LogP contribution in [0.3, 0.4) is 0 Å². The van der Waals surface area contributed by atoms with Crippen molar-refractivity contribution >= 4 is 5.97 Å². The average molecular weight is 224 g/mol. The second kappa shape index (κ2) is 5.20. The molecule has 1 saturated heterocycles. The van der Waals surface area contributed by atoms with Gasteiger partial charge in [-0.3, -0.25) is 4.79 Å². The molecule has 1 aliphatic carbocycles. The van der Waals surface area contributed by atoms with E-state index in [-0.39, 0.29) is 18.0 Å². The van der Waals surface area contributed by atoms with Crippen LogP contribution in [-0.4, -0.2) is 12.1 Å². The van der Waals surface area contributed by atoms with Crippen LogP contribution in [0.5, 0.6) is 0 Å². The number of hydrogen-bond donors (Lipinski definition) is 0. The lowest BCUT2D eigenvalue weighted by Gasteiger charge is -2.30. The molecular formula is C14H24O2. The third-order valence-corrected chi connectivity index (χ3v) is 4.44. The van der Waals surface area contributed by atoms with Crippen LogP contribution in [0, 0.1) is 17.8 Å². The van der Waals surface area contributed by atoms with Gasteiger partial charge in [0.1, 0.15) is 6.10 Å². The van der Waals surface area contributed by atoms with E-state index in [1.165, 1.54) is 38.5 Å². The summed E-state index contributed by atoms with van der Waals surface area (Å²) < 4.78 is 5.34. The van der Waals surface area contributed by atoms with Gasteiger partial charge in [-0.25, -0.2) is 0 Å². The molecule has 16 heavy (non-hydrogen) atoms. The Kier molecular flexibility index (Phi) is 3.88. The summed E-state index contributed by atoms with van der Waals surface area (Å²) in [5, 5.41) is 0. The molecule has 2 rings (SSSR count). The summed E-state index contributed by atoms with van der Waals surface area (Å²) in [5.41, 5.74) is 0. The molecule has 0 spiro atoms. The molecule has 0 unspecified atom stereocenters. The average Bonchev–Trinajstić information content (AvgIpc) is 2.55. The van der Waals surface area contributed by atoms with Crippen molar-refractivity contribution in [2.45, 2.75) is 64.9 Å². The summed E-state index contributed by atoms with van der Waals surface area (Å²) in [6.45, 7) is 4.30. The van der Waals surface area contributed by atoms with E-state index in [0.29, 0.717) is 5.92 Å². The highest BCUT2D eigenvalue weighted by molar-refractivity contribution is 5.75. The molecular weight excluding hydrogens is 200 g/mol. The smallest absolute Gasteiger partial charge is 0.309 e. The number of hydrogen-bond acceptors (Lipinski definition) is 2. The van der Waals surface area contributed by atoms with Gasteiger partial charge in [-0.15, -0.1) is 0 Å². The zero-order valence-corrected chi connectivity index (χ0v) is 10.6. The summed E-state index contributed by atoms with van der Waals surface area (Å²) in [6.07, 6.45) is 9.07. The van der Waals surface area contributed by atoms with Gasteiger partial charge in [0.25, 0.3) is 0 Å². The fraction of sp³-hybridized carbons (Fsp3) is 0.929. The zero-order chi connectivity index (χ0) is 11.5. The van der Waals surface area contributed by atoms with Crippen molar-refractivity contribution in [3.05, 3.63) is 0 Å². The summed E-state index contributed by atoms with van der Waals surface area (Å²) >= 11 is 0. The molecule has 0 aromatic heterocycles. The van der Waals surface area contributed by atoms with Crippen LogP contribution < -0.4 is 0 Å². The van der Waals surface area contributed by atoms with E-state index >= 15 is 0 Å². The molecule has 0 aromatic rings. The van der Waals surface area contributed by atoms with E-state index in [4.69, 9.17) is 4.74 Å². The maximum absolute atomic E-state index is 11.7. The van der Waals surface area contributed by atoms with Gasteiger partial charge in [-0.2, -0.15) is 0 Å². The summed E-state index contributed by atoms with van der Waals surface area (Å²) in [4.78, 5) is 11.7. The van der Waals surface area contributed by atoms with Crippen LogP contribution >= 0.6 is 0 Å². The van der Waals surface area contributed by atoms with Crippen LogP contribution in [0.25, 0.3) is 0 Å². The Morgan fingerprint density at radius 2 is 2.12 bits per heavy atom. The van der Waals surface area contributed by atoms with Gasteiger partial charge in [0.05, 0.1) is 5.92 Å². The molecule has 2 nitrogen and oxygen atoms in total. The number of fused-ring (bicyclic) bond motifs is 1. The van der Waals surface area contributed by atoms with Gasteiger partial charge in [0.15, 0.2) is 0 Å². The molecule has 0 bridgehead atoms. The van der Waals surface area contributed by atoms with Crippen LogP contribution in [-0.2, 0) is 9.53 Å². The number of ether oxygens (including phenoxy) is 1. The van der Waals surface area contributed by atoms with E-state index in [1.807, 2.05) is 0 Å². The van der Waals surface area contributed by atoms with Crippen LogP contribution in [0.2, 0.25) is 0 Å². The van der Waals surface area contributed by atoms with Crippen molar-refractivity contribution in [3.63, 3.8) is 0 Å². The van der Waals surface area contributed by atoms with E-state index in [1.54, 1.807) is 0 Å². The Morgan fingerprint density at radius 1 is 1.31 bits per heavy atom. The van der Waals surface area contributed by atoms with Gasteiger partial charge < -0.3 is 4.74 Å². The molecule has 0 N–H and O–H groups in total. The minimum absolute atomic E-state index is 0.0812. The monoisotopic (exact) mass is 224 g/mol. The maximum Gasteiger partial charge on any atom is 0.309 e. The van der Waals surface area contributed by atoms with Crippen molar-refractivity contribution < 1.29 is 9.53 Å². The molecule has 0 aromatic carbocycles. The Hall–Kier alpha value is -0.530. The predicted molar refractivity (Wildman–Crippen MR) is 64.0 cm³/mol. The Morgan fingerprint density at radius 3 is 2.88 bits per heavy atom. The van der Waals surface area contributed by atoms with Gasteiger partial charge in [0, 0.05) is 5.92 Å². The highest BCUT2D eigenvalue weighted by Crippen LogP contribution is 2.43. The molecule has 2 heteroatoms. The van der Waals surface area contributed by atoms with Crippen LogP contribution in [0.4, 0.5) is 0 Å². The fourth-order valence-corrected chi connectivity index (χ4v) is 3.42. The van der Waals surface area contributed by atoms with Crippen molar-refractivity contribution in [1.29, 1.82) is 0 Å². The van der Waals surface area contributed by atoms with Crippen molar-refractivity contribution in [3.8, 4) is 0 Å². The first kappa shape index (κ1) is 11.9. The summed E-state index contributed by atoms with van der Waals surface area (Å²) in [6, 6.07) is 0. The number of esters is 1. The van der Waals surface area contributed by atoms with Gasteiger partial charge in [-0.05, 0) is 32.1 Å². The van der Waals surface area contributed by atoms with Crippen LogP contribution in [0.15, 0.2) is 0 Å². The molecule has 1 saturated carbocycles. The quantitative estimate of drug-likeness (QED) is 0.539. The highest BCUT2D eigenvalue weighted by Gasteiger charge is 2.45. The largest absolute Gasteiger partial charge is 0.462 e. The summed E-state index contributed by atoms with van der Waals surface area (Å²) in [7, 11) is 0. The normalized spacial score (nSPS) is 38.2. The number of unbranched alkanes of at least 4 members (excludes halogenated alkanes) is 2. The van der Waals surface area contributed by atoms with E-state index in [2.05, 4.69) is 13.8 Å². The minimum Gasteiger partial charge on any atom is -0.462 e. The van der Waals surface area contributed by atoms with Crippen molar-refractivity contribution in [2.24, 2.45) is 17.8 Å². The Labute approximate surface area is 98.7 Å². The van der Waals surface area contributed by atoms with Crippen LogP contribution in [0.1, 0.15) is 58.8 Å². The molecule has 92 valence electrons. The van der Waals surface area contributed by atoms with E-state index in [9.17, 15) is 4.79 Å². The van der Waals surface area contributed by atoms with Gasteiger partial charge >= 0.3 is 5.97 Å². The second-order valence-corrected chi connectivity index (χ2v) is 5.59. The zero-order valence-electron chi connectivity index (χ0n) is 10.6. The Bertz CT molecular complexity index is 249.